The van der Waals surface area contributed by atoms with Crippen LogP contribution in [0.3, 0.4) is 0 Å². The van der Waals surface area contributed by atoms with Gasteiger partial charge in [-0.2, -0.15) is 0 Å². The zero-order valence-electron chi connectivity index (χ0n) is 5.10. The van der Waals surface area contributed by atoms with Crippen molar-refractivity contribution in [2.45, 2.75) is 0 Å². The molecule has 0 aromatic rings. The molecule has 0 radical (unpaired) electrons. The van der Waals surface area contributed by atoms with E-state index in [2.05, 4.69) is 5.23 Å². The van der Waals surface area contributed by atoms with Crippen LogP contribution in [0.15, 0.2) is 23.3 Å². The van der Waals surface area contributed by atoms with E-state index in [0.29, 0.717) is 5.03 Å². The van der Waals surface area contributed by atoms with E-state index in [9.17, 15) is 0 Å². The summed E-state index contributed by atoms with van der Waals surface area (Å²) in [5, 5.41) is 3.61. The van der Waals surface area contributed by atoms with Gasteiger partial charge in [0.05, 0.1) is 5.03 Å². The molecule has 0 aromatic heterocycles. The second-order valence-electron chi connectivity index (χ2n) is 1.71. The fraction of sp³-hybridized carbons (Fsp3) is 0.200. The van der Waals surface area contributed by atoms with Crippen molar-refractivity contribution in [1.82, 2.24) is 5.23 Å². The van der Waals surface area contributed by atoms with Gasteiger partial charge in [-0.3, -0.25) is 0 Å². The van der Waals surface area contributed by atoms with Crippen LogP contribution >= 0.6 is 11.6 Å². The van der Waals surface area contributed by atoms with Gasteiger partial charge in [-0.25, -0.2) is 0 Å². The van der Waals surface area contributed by atoms with Crippen LogP contribution in [0.25, 0.3) is 0 Å². The Morgan fingerprint density at radius 3 is 3.00 bits per heavy atom. The fourth-order valence-electron chi connectivity index (χ4n) is 0.591. The van der Waals surface area contributed by atoms with E-state index in [1.165, 1.54) is 0 Å². The molecule has 0 fully saturated rings. The molecule has 9 heavy (non-hydrogen) atoms. The van der Waals surface area contributed by atoms with Gasteiger partial charge in [-0.1, -0.05) is 23.7 Å². The average Bonchev–Trinajstić information content (AvgIpc) is 1.90. The van der Waals surface area contributed by atoms with Gasteiger partial charge in [0.25, 0.3) is 0 Å². The van der Waals surface area contributed by atoms with Gasteiger partial charge in [0.2, 0.25) is 0 Å². The summed E-state index contributed by atoms with van der Waals surface area (Å²) in [6.45, 7) is 0. The maximum Gasteiger partial charge on any atom is 0.441 e. The lowest BCUT2D eigenvalue weighted by Gasteiger charge is -2.09. The summed E-state index contributed by atoms with van der Waals surface area (Å²) in [7, 11) is 1.61. The maximum absolute atomic E-state index is 5.60. The van der Waals surface area contributed by atoms with Crippen LogP contribution in [-0.2, 0) is 4.65 Å². The first-order valence-electron chi connectivity index (χ1n) is 2.65. The van der Waals surface area contributed by atoms with Gasteiger partial charge < -0.3 is 9.88 Å². The van der Waals surface area contributed by atoms with Crippen molar-refractivity contribution in [2.75, 3.05) is 7.11 Å². The third kappa shape index (κ3) is 1.77. The van der Waals surface area contributed by atoms with Crippen molar-refractivity contribution in [3.63, 3.8) is 0 Å². The molecule has 0 saturated heterocycles. The standard InChI is InChI=1S/C5H7BClNO/c1-9-6-3-2-5(7)4-8-6/h2-4,8H,1H3. The van der Waals surface area contributed by atoms with Crippen molar-refractivity contribution in [3.05, 3.63) is 23.3 Å². The highest BCUT2D eigenvalue weighted by Gasteiger charge is 2.10. The third-order valence-corrected chi connectivity index (χ3v) is 1.30. The molecule has 1 rings (SSSR count). The Labute approximate surface area is 59.7 Å². The molecule has 1 aliphatic heterocycles. The van der Waals surface area contributed by atoms with E-state index < -0.39 is 0 Å². The molecule has 1 aliphatic rings. The van der Waals surface area contributed by atoms with Gasteiger partial charge >= 0.3 is 7.05 Å². The zero-order valence-corrected chi connectivity index (χ0v) is 5.85. The first-order valence-corrected chi connectivity index (χ1v) is 3.03. The second kappa shape index (κ2) is 2.94. The zero-order chi connectivity index (χ0) is 6.69. The monoisotopic (exact) mass is 143 g/mol. The van der Waals surface area contributed by atoms with Crippen molar-refractivity contribution in [1.29, 1.82) is 0 Å². The van der Waals surface area contributed by atoms with Crippen molar-refractivity contribution in [2.24, 2.45) is 0 Å². The molecule has 2 nitrogen and oxygen atoms in total. The molecule has 1 heterocycles. The minimum atomic E-state index is -0.0208. The molecule has 0 amide bonds. The maximum atomic E-state index is 5.60. The highest BCUT2D eigenvalue weighted by molar-refractivity contribution is 6.56. The number of rotatable bonds is 1. The minimum absolute atomic E-state index is 0.0208. The smallest absolute Gasteiger partial charge is 0.416 e. The van der Waals surface area contributed by atoms with Crippen LogP contribution in [0.4, 0.5) is 0 Å². The van der Waals surface area contributed by atoms with E-state index in [1.54, 1.807) is 19.4 Å². The molecule has 0 spiro atoms. The summed E-state index contributed by atoms with van der Waals surface area (Å²) >= 11 is 5.60. The van der Waals surface area contributed by atoms with E-state index >= 15 is 0 Å². The molecule has 0 aliphatic carbocycles. The lowest BCUT2D eigenvalue weighted by Crippen LogP contribution is -2.31. The lowest BCUT2D eigenvalue weighted by molar-refractivity contribution is 0.422. The fourth-order valence-corrected chi connectivity index (χ4v) is 0.727. The largest absolute Gasteiger partial charge is 0.441 e. The molecule has 0 unspecified atom stereocenters. The number of nitrogens with one attached hydrogen (secondary N) is 1. The first kappa shape index (κ1) is 6.71. The Kier molecular flexibility index (Phi) is 2.19. The number of halogens is 1. The Balaban J connectivity index is 2.48. The van der Waals surface area contributed by atoms with Crippen LogP contribution in [-0.4, -0.2) is 14.2 Å². The Morgan fingerprint density at radius 2 is 2.56 bits per heavy atom. The first-order chi connectivity index (χ1) is 4.33. The van der Waals surface area contributed by atoms with E-state index in [-0.39, 0.29) is 7.05 Å². The number of hydrogen-bond acceptors (Lipinski definition) is 2. The Hall–Kier alpha value is -0.405. The topological polar surface area (TPSA) is 21.3 Å². The second-order valence-corrected chi connectivity index (χ2v) is 2.15. The molecule has 0 atom stereocenters. The summed E-state index contributed by atoms with van der Waals surface area (Å²) in [6, 6.07) is 0. The van der Waals surface area contributed by atoms with Crippen LogP contribution < -0.4 is 5.23 Å². The van der Waals surface area contributed by atoms with Gasteiger partial charge in [-0.05, 0) is 0 Å². The van der Waals surface area contributed by atoms with E-state index in [1.807, 2.05) is 5.98 Å². The van der Waals surface area contributed by atoms with E-state index in [4.69, 9.17) is 16.3 Å². The summed E-state index contributed by atoms with van der Waals surface area (Å²) < 4.78 is 4.94. The Bertz CT molecular complexity index is 157. The molecule has 0 bridgehead atoms. The van der Waals surface area contributed by atoms with E-state index in [0.717, 1.165) is 0 Å². The summed E-state index contributed by atoms with van der Waals surface area (Å²) in [4.78, 5) is 0. The molecule has 1 N–H and O–H groups in total. The average molecular weight is 143 g/mol. The van der Waals surface area contributed by atoms with Gasteiger partial charge in [0.15, 0.2) is 0 Å². The molecule has 0 aromatic carbocycles. The molecule has 4 heteroatoms. The minimum Gasteiger partial charge on any atom is -0.416 e. The van der Waals surface area contributed by atoms with Crippen LogP contribution in [0.2, 0.25) is 0 Å². The number of allylic oxidation sites excluding steroid dienone is 2. The van der Waals surface area contributed by atoms with Gasteiger partial charge in [-0.15, -0.1) is 0 Å². The van der Waals surface area contributed by atoms with Crippen molar-refractivity contribution >= 4 is 18.7 Å². The van der Waals surface area contributed by atoms with Crippen LogP contribution in [0, 0.1) is 0 Å². The molecule has 0 saturated carbocycles. The quantitative estimate of drug-likeness (QED) is 0.551. The predicted octanol–water partition coefficient (Wildman–Crippen LogP) is 0.900. The lowest BCUT2D eigenvalue weighted by atomic mass is 9.82. The highest BCUT2D eigenvalue weighted by Crippen LogP contribution is 2.05. The SMILES string of the molecule is COB1C=CC(Cl)=CN1. The van der Waals surface area contributed by atoms with Crippen molar-refractivity contribution in [3.8, 4) is 0 Å². The molecular weight excluding hydrogens is 136 g/mol. The van der Waals surface area contributed by atoms with Gasteiger partial charge in [0, 0.05) is 13.3 Å². The van der Waals surface area contributed by atoms with Crippen LogP contribution in [0.5, 0.6) is 0 Å². The third-order valence-electron chi connectivity index (χ3n) is 1.07. The molecular formula is C5H7BClNO. The molecule has 48 valence electrons. The predicted molar refractivity (Wildman–Crippen MR) is 39.0 cm³/mol. The summed E-state index contributed by atoms with van der Waals surface area (Å²) in [5.41, 5.74) is 0. The van der Waals surface area contributed by atoms with Crippen molar-refractivity contribution < 1.29 is 4.65 Å². The number of hydrogen-bond donors (Lipinski definition) is 1. The van der Waals surface area contributed by atoms with Crippen LogP contribution in [0.1, 0.15) is 0 Å². The summed E-state index contributed by atoms with van der Waals surface area (Å²) in [5.74, 6) is 1.85. The normalized spacial score (nSPS) is 17.1. The summed E-state index contributed by atoms with van der Waals surface area (Å²) in [6.07, 6.45) is 3.50. The van der Waals surface area contributed by atoms with Gasteiger partial charge in [0.1, 0.15) is 0 Å². The highest BCUT2D eigenvalue weighted by atomic mass is 35.5. The Morgan fingerprint density at radius 1 is 1.78 bits per heavy atom.